The maximum atomic E-state index is 6.02. The Morgan fingerprint density at radius 3 is 2.52 bits per heavy atom. The van der Waals surface area contributed by atoms with Gasteiger partial charge in [0.1, 0.15) is 12.4 Å². The van der Waals surface area contributed by atoms with Crippen molar-refractivity contribution in [2.45, 2.75) is 13.0 Å². The summed E-state index contributed by atoms with van der Waals surface area (Å²) in [4.78, 5) is 0. The SMILES string of the molecule is COCCOc1ccc(NC(C)c2cccc(Cl)c2)cc1. The zero-order chi connectivity index (χ0) is 15.1. The van der Waals surface area contributed by atoms with Crippen LogP contribution >= 0.6 is 11.6 Å². The van der Waals surface area contributed by atoms with Crippen molar-refractivity contribution in [3.8, 4) is 5.75 Å². The van der Waals surface area contributed by atoms with Crippen molar-refractivity contribution in [1.82, 2.24) is 0 Å². The molecule has 0 aliphatic rings. The van der Waals surface area contributed by atoms with E-state index in [0.717, 1.165) is 22.0 Å². The third kappa shape index (κ3) is 4.96. The maximum Gasteiger partial charge on any atom is 0.119 e. The fourth-order valence-corrected chi connectivity index (χ4v) is 2.20. The first-order valence-electron chi connectivity index (χ1n) is 6.93. The molecule has 1 atom stereocenters. The molecule has 0 saturated carbocycles. The van der Waals surface area contributed by atoms with Crippen LogP contribution in [-0.2, 0) is 4.74 Å². The van der Waals surface area contributed by atoms with Crippen LogP contribution < -0.4 is 10.1 Å². The lowest BCUT2D eigenvalue weighted by Crippen LogP contribution is -2.07. The van der Waals surface area contributed by atoms with Gasteiger partial charge in [-0.05, 0) is 48.9 Å². The van der Waals surface area contributed by atoms with Crippen molar-refractivity contribution in [1.29, 1.82) is 0 Å². The van der Waals surface area contributed by atoms with Crippen molar-refractivity contribution in [3.05, 3.63) is 59.1 Å². The third-order valence-corrected chi connectivity index (χ3v) is 3.38. The minimum absolute atomic E-state index is 0.184. The fourth-order valence-electron chi connectivity index (χ4n) is 2.00. The Morgan fingerprint density at radius 2 is 1.86 bits per heavy atom. The Kier molecular flexibility index (Phi) is 5.90. The first-order chi connectivity index (χ1) is 10.2. The molecule has 1 N–H and O–H groups in total. The molecule has 0 aliphatic carbocycles. The monoisotopic (exact) mass is 305 g/mol. The Bertz CT molecular complexity index is 557. The Morgan fingerprint density at radius 1 is 1.10 bits per heavy atom. The highest BCUT2D eigenvalue weighted by Crippen LogP contribution is 2.23. The van der Waals surface area contributed by atoms with Crippen LogP contribution in [-0.4, -0.2) is 20.3 Å². The van der Waals surface area contributed by atoms with Gasteiger partial charge in [-0.1, -0.05) is 23.7 Å². The maximum absolute atomic E-state index is 6.02. The summed E-state index contributed by atoms with van der Waals surface area (Å²) in [5.74, 6) is 0.841. The molecular formula is C17H20ClNO2. The van der Waals surface area contributed by atoms with Gasteiger partial charge >= 0.3 is 0 Å². The van der Waals surface area contributed by atoms with E-state index in [1.807, 2.05) is 42.5 Å². The van der Waals surface area contributed by atoms with Gasteiger partial charge in [-0.2, -0.15) is 0 Å². The Hall–Kier alpha value is -1.71. The molecule has 0 amide bonds. The van der Waals surface area contributed by atoms with Crippen LogP contribution in [0.5, 0.6) is 5.75 Å². The topological polar surface area (TPSA) is 30.5 Å². The number of methoxy groups -OCH3 is 1. The molecule has 0 aromatic heterocycles. The summed E-state index contributed by atoms with van der Waals surface area (Å²) in [7, 11) is 1.66. The molecule has 21 heavy (non-hydrogen) atoms. The van der Waals surface area contributed by atoms with E-state index in [4.69, 9.17) is 21.1 Å². The minimum atomic E-state index is 0.184. The van der Waals surface area contributed by atoms with Gasteiger partial charge in [0.15, 0.2) is 0 Å². The number of hydrogen-bond donors (Lipinski definition) is 1. The molecule has 112 valence electrons. The van der Waals surface area contributed by atoms with Crippen LogP contribution in [0.15, 0.2) is 48.5 Å². The smallest absolute Gasteiger partial charge is 0.119 e. The van der Waals surface area contributed by atoms with E-state index in [0.29, 0.717) is 13.2 Å². The molecule has 0 fully saturated rings. The molecule has 0 bridgehead atoms. The molecule has 0 aliphatic heterocycles. The van der Waals surface area contributed by atoms with Gasteiger partial charge in [0.25, 0.3) is 0 Å². The van der Waals surface area contributed by atoms with Crippen molar-refractivity contribution >= 4 is 17.3 Å². The Labute approximate surface area is 130 Å². The average molecular weight is 306 g/mol. The van der Waals surface area contributed by atoms with Crippen molar-refractivity contribution < 1.29 is 9.47 Å². The summed E-state index contributed by atoms with van der Waals surface area (Å²) in [6.07, 6.45) is 0. The summed E-state index contributed by atoms with van der Waals surface area (Å²) >= 11 is 6.02. The highest BCUT2D eigenvalue weighted by Gasteiger charge is 2.05. The number of benzene rings is 2. The predicted molar refractivity (Wildman–Crippen MR) is 87.3 cm³/mol. The number of rotatable bonds is 7. The molecular weight excluding hydrogens is 286 g/mol. The zero-order valence-corrected chi connectivity index (χ0v) is 13.1. The minimum Gasteiger partial charge on any atom is -0.491 e. The fraction of sp³-hybridized carbons (Fsp3) is 0.294. The second kappa shape index (κ2) is 7.91. The number of ether oxygens (including phenoxy) is 2. The van der Waals surface area contributed by atoms with Gasteiger partial charge in [0.05, 0.1) is 6.61 Å². The lowest BCUT2D eigenvalue weighted by atomic mass is 10.1. The molecule has 1 unspecified atom stereocenters. The van der Waals surface area contributed by atoms with Crippen LogP contribution in [0, 0.1) is 0 Å². The largest absolute Gasteiger partial charge is 0.491 e. The van der Waals surface area contributed by atoms with Crippen LogP contribution in [0.3, 0.4) is 0 Å². The molecule has 0 saturated heterocycles. The second-order valence-corrected chi connectivity index (χ2v) is 5.22. The molecule has 0 heterocycles. The van der Waals surface area contributed by atoms with Gasteiger partial charge in [-0.25, -0.2) is 0 Å². The summed E-state index contributed by atoms with van der Waals surface area (Å²) < 4.78 is 10.5. The first kappa shape index (κ1) is 15.7. The Balaban J connectivity index is 1.93. The molecule has 2 aromatic carbocycles. The normalized spacial score (nSPS) is 12.0. The summed E-state index contributed by atoms with van der Waals surface area (Å²) in [5, 5.41) is 4.19. The molecule has 2 rings (SSSR count). The van der Waals surface area contributed by atoms with E-state index < -0.39 is 0 Å². The third-order valence-electron chi connectivity index (χ3n) is 3.14. The van der Waals surface area contributed by atoms with E-state index in [1.54, 1.807) is 7.11 Å². The number of anilines is 1. The summed E-state index contributed by atoms with van der Waals surface area (Å²) in [6, 6.07) is 16.0. The van der Waals surface area contributed by atoms with E-state index >= 15 is 0 Å². The van der Waals surface area contributed by atoms with Crippen LogP contribution in [0.2, 0.25) is 5.02 Å². The number of halogens is 1. The van der Waals surface area contributed by atoms with Gasteiger partial charge in [0.2, 0.25) is 0 Å². The van der Waals surface area contributed by atoms with Gasteiger partial charge in [0, 0.05) is 23.9 Å². The highest BCUT2D eigenvalue weighted by molar-refractivity contribution is 6.30. The van der Waals surface area contributed by atoms with E-state index in [2.05, 4.69) is 18.3 Å². The van der Waals surface area contributed by atoms with Gasteiger partial charge in [-0.3, -0.25) is 0 Å². The van der Waals surface area contributed by atoms with Crippen LogP contribution in [0.25, 0.3) is 0 Å². The van der Waals surface area contributed by atoms with Gasteiger partial charge in [-0.15, -0.1) is 0 Å². The average Bonchev–Trinajstić information content (AvgIpc) is 2.49. The lowest BCUT2D eigenvalue weighted by Gasteiger charge is -2.16. The number of hydrogen-bond acceptors (Lipinski definition) is 3. The van der Waals surface area contributed by atoms with E-state index in [-0.39, 0.29) is 6.04 Å². The molecule has 0 radical (unpaired) electrons. The second-order valence-electron chi connectivity index (χ2n) is 4.79. The van der Waals surface area contributed by atoms with E-state index in [9.17, 15) is 0 Å². The number of nitrogens with one attached hydrogen (secondary N) is 1. The van der Waals surface area contributed by atoms with Crippen LogP contribution in [0.4, 0.5) is 5.69 Å². The van der Waals surface area contributed by atoms with Gasteiger partial charge < -0.3 is 14.8 Å². The van der Waals surface area contributed by atoms with Crippen molar-refractivity contribution in [3.63, 3.8) is 0 Å². The molecule has 0 spiro atoms. The molecule has 2 aromatic rings. The summed E-state index contributed by atoms with van der Waals surface area (Å²) in [6.45, 7) is 3.25. The standard InChI is InChI=1S/C17H20ClNO2/c1-13(14-4-3-5-15(18)12-14)19-16-6-8-17(9-7-16)21-11-10-20-2/h3-9,12-13,19H,10-11H2,1-2H3. The zero-order valence-electron chi connectivity index (χ0n) is 12.3. The van der Waals surface area contributed by atoms with Crippen molar-refractivity contribution in [2.24, 2.45) is 0 Å². The summed E-state index contributed by atoms with van der Waals surface area (Å²) in [5.41, 5.74) is 2.20. The highest BCUT2D eigenvalue weighted by atomic mass is 35.5. The van der Waals surface area contributed by atoms with E-state index in [1.165, 1.54) is 0 Å². The van der Waals surface area contributed by atoms with Crippen LogP contribution in [0.1, 0.15) is 18.5 Å². The predicted octanol–water partition coefficient (Wildman–Crippen LogP) is 4.54. The molecule has 4 heteroatoms. The first-order valence-corrected chi connectivity index (χ1v) is 7.30. The van der Waals surface area contributed by atoms with Crippen molar-refractivity contribution in [2.75, 3.05) is 25.6 Å². The lowest BCUT2D eigenvalue weighted by molar-refractivity contribution is 0.146. The quantitative estimate of drug-likeness (QED) is 0.762. The molecule has 3 nitrogen and oxygen atoms in total.